The van der Waals surface area contributed by atoms with Gasteiger partial charge in [0.15, 0.2) is 0 Å². The van der Waals surface area contributed by atoms with Crippen LogP contribution < -0.4 is 15.4 Å². The smallest absolute Gasteiger partial charge is 0.315 e. The number of aromatic nitrogens is 1. The van der Waals surface area contributed by atoms with Crippen molar-refractivity contribution in [2.75, 3.05) is 7.11 Å². The van der Waals surface area contributed by atoms with E-state index in [4.69, 9.17) is 27.9 Å². The molecule has 0 saturated carbocycles. The van der Waals surface area contributed by atoms with Gasteiger partial charge >= 0.3 is 6.03 Å². The summed E-state index contributed by atoms with van der Waals surface area (Å²) < 4.78 is 4.98. The Morgan fingerprint density at radius 3 is 2.65 bits per heavy atom. The van der Waals surface area contributed by atoms with Crippen molar-refractivity contribution < 1.29 is 9.53 Å². The molecule has 7 heteroatoms. The van der Waals surface area contributed by atoms with Crippen LogP contribution >= 0.6 is 23.2 Å². The minimum atomic E-state index is -0.278. The summed E-state index contributed by atoms with van der Waals surface area (Å²) in [6.45, 7) is 2.24. The number of amides is 2. The molecule has 2 N–H and O–H groups in total. The van der Waals surface area contributed by atoms with Gasteiger partial charge < -0.3 is 15.4 Å². The van der Waals surface area contributed by atoms with Crippen molar-refractivity contribution in [3.63, 3.8) is 0 Å². The number of rotatable bonds is 5. The van der Waals surface area contributed by atoms with Gasteiger partial charge in [0, 0.05) is 18.8 Å². The summed E-state index contributed by atoms with van der Waals surface area (Å²) in [7, 11) is 1.55. The number of benzene rings is 1. The lowest BCUT2D eigenvalue weighted by molar-refractivity contribution is 0.237. The summed E-state index contributed by atoms with van der Waals surface area (Å²) in [5.41, 5.74) is 1.75. The first-order chi connectivity index (χ1) is 11.0. The highest BCUT2D eigenvalue weighted by Gasteiger charge is 2.10. The maximum absolute atomic E-state index is 11.9. The highest BCUT2D eigenvalue weighted by molar-refractivity contribution is 6.42. The molecule has 0 bridgehead atoms. The Hall–Kier alpha value is -1.98. The first-order valence-corrected chi connectivity index (χ1v) is 7.73. The lowest BCUT2D eigenvalue weighted by atomic mass is 10.1. The predicted molar refractivity (Wildman–Crippen MR) is 91.0 cm³/mol. The van der Waals surface area contributed by atoms with Crippen molar-refractivity contribution in [3.05, 3.63) is 57.7 Å². The zero-order valence-electron chi connectivity index (χ0n) is 12.8. The number of urea groups is 1. The van der Waals surface area contributed by atoms with Crippen molar-refractivity contribution >= 4 is 29.2 Å². The number of hydrogen-bond donors (Lipinski definition) is 2. The van der Waals surface area contributed by atoms with E-state index in [1.54, 1.807) is 31.5 Å². The zero-order chi connectivity index (χ0) is 16.8. The molecular formula is C16H17Cl2N3O2. The monoisotopic (exact) mass is 353 g/mol. The minimum Gasteiger partial charge on any atom is -0.481 e. The number of pyridine rings is 1. The molecule has 2 rings (SSSR count). The molecule has 1 heterocycles. The van der Waals surface area contributed by atoms with E-state index in [0.29, 0.717) is 22.5 Å². The molecular weight excluding hydrogens is 337 g/mol. The molecule has 1 aromatic heterocycles. The fourth-order valence-corrected chi connectivity index (χ4v) is 2.24. The average molecular weight is 354 g/mol. The largest absolute Gasteiger partial charge is 0.481 e. The maximum Gasteiger partial charge on any atom is 0.315 e. The standard InChI is InChI=1S/C16H17Cl2N3O2/c1-10(12-4-5-13(17)14(18)7-12)21-16(22)20-9-11-3-6-15(23-2)19-8-11/h3-8,10H,9H2,1-2H3,(H2,20,21,22). The van der Waals surface area contributed by atoms with E-state index in [2.05, 4.69) is 15.6 Å². The van der Waals surface area contributed by atoms with Gasteiger partial charge in [-0.15, -0.1) is 0 Å². The summed E-state index contributed by atoms with van der Waals surface area (Å²) in [5, 5.41) is 6.56. The van der Waals surface area contributed by atoms with Gasteiger partial charge in [-0.2, -0.15) is 0 Å². The summed E-state index contributed by atoms with van der Waals surface area (Å²) in [6.07, 6.45) is 1.65. The van der Waals surface area contributed by atoms with Crippen molar-refractivity contribution in [2.24, 2.45) is 0 Å². The number of hydrogen-bond acceptors (Lipinski definition) is 3. The number of carbonyl (C=O) groups excluding carboxylic acids is 1. The van der Waals surface area contributed by atoms with Crippen molar-refractivity contribution in [2.45, 2.75) is 19.5 Å². The molecule has 1 aromatic carbocycles. The molecule has 0 radical (unpaired) electrons. The third-order valence-corrected chi connectivity index (χ3v) is 3.99. The van der Waals surface area contributed by atoms with E-state index in [9.17, 15) is 4.79 Å². The highest BCUT2D eigenvalue weighted by atomic mass is 35.5. The second kappa shape index (κ2) is 8.04. The molecule has 0 aliphatic carbocycles. The van der Waals surface area contributed by atoms with Gasteiger partial charge in [0.05, 0.1) is 23.2 Å². The molecule has 122 valence electrons. The predicted octanol–water partition coefficient (Wildman–Crippen LogP) is 3.96. The molecule has 0 fully saturated rings. The lowest BCUT2D eigenvalue weighted by Crippen LogP contribution is -2.36. The van der Waals surface area contributed by atoms with Crippen LogP contribution in [0.1, 0.15) is 24.1 Å². The molecule has 0 saturated heterocycles. The second-order valence-electron chi connectivity index (χ2n) is 4.93. The van der Waals surface area contributed by atoms with Crippen LogP contribution in [-0.4, -0.2) is 18.1 Å². The van der Waals surface area contributed by atoms with Crippen molar-refractivity contribution in [1.29, 1.82) is 0 Å². The van der Waals surface area contributed by atoms with E-state index < -0.39 is 0 Å². The summed E-state index contributed by atoms with van der Waals surface area (Å²) in [5.74, 6) is 0.534. The van der Waals surface area contributed by atoms with Crippen LogP contribution in [0.25, 0.3) is 0 Å². The molecule has 0 aliphatic heterocycles. The van der Waals surface area contributed by atoms with Crippen LogP contribution in [0, 0.1) is 0 Å². The van der Waals surface area contributed by atoms with Gasteiger partial charge in [-0.3, -0.25) is 0 Å². The first kappa shape index (κ1) is 17.4. The molecule has 0 aliphatic rings. The molecule has 5 nitrogen and oxygen atoms in total. The lowest BCUT2D eigenvalue weighted by Gasteiger charge is -2.15. The van der Waals surface area contributed by atoms with Gasteiger partial charge in [0.25, 0.3) is 0 Å². The van der Waals surface area contributed by atoms with Crippen LogP contribution in [0.15, 0.2) is 36.5 Å². The summed E-state index contributed by atoms with van der Waals surface area (Å²) >= 11 is 11.9. The average Bonchev–Trinajstić information content (AvgIpc) is 2.55. The number of nitrogens with zero attached hydrogens (tertiary/aromatic N) is 1. The fraction of sp³-hybridized carbons (Fsp3) is 0.250. The van der Waals surface area contributed by atoms with Crippen LogP contribution in [0.4, 0.5) is 4.79 Å². The SMILES string of the molecule is COc1ccc(CNC(=O)NC(C)c2ccc(Cl)c(Cl)c2)cn1. The van der Waals surface area contributed by atoms with E-state index in [1.807, 2.05) is 19.1 Å². The topological polar surface area (TPSA) is 63.2 Å². The maximum atomic E-state index is 11.9. The Morgan fingerprint density at radius 1 is 1.26 bits per heavy atom. The van der Waals surface area contributed by atoms with Gasteiger partial charge in [-0.25, -0.2) is 9.78 Å². The molecule has 0 spiro atoms. The zero-order valence-corrected chi connectivity index (χ0v) is 14.3. The molecule has 2 aromatic rings. The van der Waals surface area contributed by atoms with Gasteiger partial charge in [-0.05, 0) is 30.2 Å². The van der Waals surface area contributed by atoms with E-state index in [1.165, 1.54) is 0 Å². The minimum absolute atomic E-state index is 0.196. The Bertz CT molecular complexity index is 678. The third-order valence-electron chi connectivity index (χ3n) is 3.25. The fourth-order valence-electron chi connectivity index (χ4n) is 1.93. The van der Waals surface area contributed by atoms with E-state index >= 15 is 0 Å². The van der Waals surface area contributed by atoms with Crippen LogP contribution in [0.3, 0.4) is 0 Å². The van der Waals surface area contributed by atoms with E-state index in [-0.39, 0.29) is 12.1 Å². The highest BCUT2D eigenvalue weighted by Crippen LogP contribution is 2.25. The van der Waals surface area contributed by atoms with E-state index in [0.717, 1.165) is 11.1 Å². The second-order valence-corrected chi connectivity index (χ2v) is 5.75. The normalized spacial score (nSPS) is 11.7. The third kappa shape index (κ3) is 5.01. The van der Waals surface area contributed by atoms with Crippen LogP contribution in [0.2, 0.25) is 10.0 Å². The molecule has 2 amide bonds. The Morgan fingerprint density at radius 2 is 2.04 bits per heavy atom. The van der Waals surface area contributed by atoms with Crippen molar-refractivity contribution in [1.82, 2.24) is 15.6 Å². The summed E-state index contributed by atoms with van der Waals surface area (Å²) in [4.78, 5) is 16.0. The Kier molecular flexibility index (Phi) is 6.07. The number of carbonyl (C=O) groups is 1. The van der Waals surface area contributed by atoms with Crippen LogP contribution in [-0.2, 0) is 6.54 Å². The van der Waals surface area contributed by atoms with Crippen LogP contribution in [0.5, 0.6) is 5.88 Å². The molecule has 1 unspecified atom stereocenters. The number of ether oxygens (including phenoxy) is 1. The van der Waals surface area contributed by atoms with Crippen molar-refractivity contribution in [3.8, 4) is 5.88 Å². The summed E-state index contributed by atoms with van der Waals surface area (Å²) in [6, 6.07) is 8.38. The molecule has 23 heavy (non-hydrogen) atoms. The Balaban J connectivity index is 1.86. The first-order valence-electron chi connectivity index (χ1n) is 6.98. The van der Waals surface area contributed by atoms with Gasteiger partial charge in [-0.1, -0.05) is 35.3 Å². The number of halogens is 2. The quantitative estimate of drug-likeness (QED) is 0.854. The van der Waals surface area contributed by atoms with Gasteiger partial charge in [0.2, 0.25) is 5.88 Å². The Labute approximate surface area is 145 Å². The number of nitrogens with one attached hydrogen (secondary N) is 2. The van der Waals surface area contributed by atoms with Gasteiger partial charge in [0.1, 0.15) is 0 Å². The molecule has 1 atom stereocenters. The number of methoxy groups -OCH3 is 1.